The summed E-state index contributed by atoms with van der Waals surface area (Å²) in [5.41, 5.74) is 0.777. The van der Waals surface area contributed by atoms with Crippen LogP contribution in [0, 0.1) is 0 Å². The van der Waals surface area contributed by atoms with E-state index >= 15 is 0 Å². The number of hydrogen-bond donors (Lipinski definition) is 1. The van der Waals surface area contributed by atoms with Gasteiger partial charge in [-0.3, -0.25) is 4.79 Å². The van der Waals surface area contributed by atoms with E-state index in [2.05, 4.69) is 6.92 Å². The molecule has 0 aromatic heterocycles. The van der Waals surface area contributed by atoms with Crippen LogP contribution in [0.2, 0.25) is 0 Å². The molecule has 1 unspecified atom stereocenters. The van der Waals surface area contributed by atoms with Crippen LogP contribution in [0.15, 0.2) is 24.3 Å². The van der Waals surface area contributed by atoms with E-state index in [4.69, 9.17) is 5.11 Å². The molecule has 0 aliphatic carbocycles. The third kappa shape index (κ3) is 3.13. The maximum atomic E-state index is 12.4. The second-order valence-electron chi connectivity index (χ2n) is 5.08. The molecule has 0 saturated carbocycles. The number of carbonyl (C=O) groups is 2. The average molecular weight is 261 g/mol. The minimum atomic E-state index is -0.970. The van der Waals surface area contributed by atoms with Crippen LogP contribution in [0.25, 0.3) is 0 Å². The van der Waals surface area contributed by atoms with Crippen molar-refractivity contribution >= 4 is 11.9 Å². The van der Waals surface area contributed by atoms with Gasteiger partial charge in [0.25, 0.3) is 5.91 Å². The quantitative estimate of drug-likeness (QED) is 0.890. The molecule has 1 fully saturated rings. The summed E-state index contributed by atoms with van der Waals surface area (Å²) in [4.78, 5) is 25.1. The molecular weight excluding hydrogens is 242 g/mol. The van der Waals surface area contributed by atoms with E-state index in [0.29, 0.717) is 5.56 Å². The Morgan fingerprint density at radius 3 is 2.37 bits per heavy atom. The molecule has 1 heterocycles. The highest BCUT2D eigenvalue weighted by atomic mass is 16.4. The van der Waals surface area contributed by atoms with E-state index in [1.54, 1.807) is 12.1 Å². The molecule has 0 spiro atoms. The molecule has 1 aromatic rings. The Kier molecular flexibility index (Phi) is 4.20. The largest absolute Gasteiger partial charge is 0.478 e. The Bertz CT molecular complexity index is 467. The maximum absolute atomic E-state index is 12.4. The standard InChI is InChI=1S/C15H19NO3/c1-11-5-3-2-4-10-16(11)14(17)12-6-8-13(9-7-12)15(18)19/h6-9,11H,2-5,10H2,1H3,(H,18,19). The predicted molar refractivity (Wildman–Crippen MR) is 72.4 cm³/mol. The van der Waals surface area contributed by atoms with Crippen molar-refractivity contribution in [3.05, 3.63) is 35.4 Å². The molecule has 1 atom stereocenters. The molecule has 2 rings (SSSR count). The van der Waals surface area contributed by atoms with Crippen LogP contribution in [0.3, 0.4) is 0 Å². The number of carboxylic acids is 1. The van der Waals surface area contributed by atoms with E-state index in [1.165, 1.54) is 25.0 Å². The van der Waals surface area contributed by atoms with Crippen LogP contribution < -0.4 is 0 Å². The van der Waals surface area contributed by atoms with Gasteiger partial charge in [-0.15, -0.1) is 0 Å². The molecular formula is C15H19NO3. The van der Waals surface area contributed by atoms with Crippen LogP contribution in [-0.4, -0.2) is 34.5 Å². The van der Waals surface area contributed by atoms with Crippen molar-refractivity contribution in [2.24, 2.45) is 0 Å². The number of carbonyl (C=O) groups excluding carboxylic acids is 1. The Labute approximate surface area is 113 Å². The lowest BCUT2D eigenvalue weighted by Gasteiger charge is -2.27. The first-order chi connectivity index (χ1) is 9.09. The summed E-state index contributed by atoms with van der Waals surface area (Å²) in [5.74, 6) is -0.964. The highest BCUT2D eigenvalue weighted by Crippen LogP contribution is 2.19. The number of benzene rings is 1. The fourth-order valence-electron chi connectivity index (χ4n) is 2.50. The van der Waals surface area contributed by atoms with E-state index in [9.17, 15) is 9.59 Å². The lowest BCUT2D eigenvalue weighted by Crippen LogP contribution is -2.38. The molecule has 0 bridgehead atoms. The zero-order chi connectivity index (χ0) is 13.8. The summed E-state index contributed by atoms with van der Waals surface area (Å²) in [6, 6.07) is 6.43. The predicted octanol–water partition coefficient (Wildman–Crippen LogP) is 2.79. The van der Waals surface area contributed by atoms with Gasteiger partial charge in [0.2, 0.25) is 0 Å². The molecule has 4 nitrogen and oxygen atoms in total. The molecule has 1 aliphatic rings. The summed E-state index contributed by atoms with van der Waals surface area (Å²) in [6.07, 6.45) is 4.43. The van der Waals surface area contributed by atoms with Gasteiger partial charge in [0.05, 0.1) is 5.56 Å². The van der Waals surface area contributed by atoms with Crippen LogP contribution in [0.5, 0.6) is 0 Å². The van der Waals surface area contributed by atoms with Gasteiger partial charge in [0, 0.05) is 18.2 Å². The molecule has 1 aliphatic heterocycles. The highest BCUT2D eigenvalue weighted by molar-refractivity contribution is 5.96. The van der Waals surface area contributed by atoms with E-state index in [1.807, 2.05) is 4.90 Å². The van der Waals surface area contributed by atoms with Gasteiger partial charge < -0.3 is 10.0 Å². The summed E-state index contributed by atoms with van der Waals surface area (Å²) in [7, 11) is 0. The first-order valence-electron chi connectivity index (χ1n) is 6.74. The summed E-state index contributed by atoms with van der Waals surface area (Å²) >= 11 is 0. The molecule has 1 aromatic carbocycles. The highest BCUT2D eigenvalue weighted by Gasteiger charge is 2.23. The van der Waals surface area contributed by atoms with Gasteiger partial charge in [0.1, 0.15) is 0 Å². The average Bonchev–Trinajstić information content (AvgIpc) is 2.63. The lowest BCUT2D eigenvalue weighted by molar-refractivity contribution is 0.0683. The number of likely N-dealkylation sites (tertiary alicyclic amines) is 1. The third-order valence-electron chi connectivity index (χ3n) is 3.69. The Morgan fingerprint density at radius 2 is 1.74 bits per heavy atom. The summed E-state index contributed by atoms with van der Waals surface area (Å²) in [5, 5.41) is 8.85. The lowest BCUT2D eigenvalue weighted by atomic mass is 10.1. The number of rotatable bonds is 2. The van der Waals surface area contributed by atoms with Crippen LogP contribution >= 0.6 is 0 Å². The van der Waals surface area contributed by atoms with Gasteiger partial charge in [-0.2, -0.15) is 0 Å². The second kappa shape index (κ2) is 5.87. The molecule has 0 radical (unpaired) electrons. The second-order valence-corrected chi connectivity index (χ2v) is 5.08. The number of nitrogens with zero attached hydrogens (tertiary/aromatic N) is 1. The fraction of sp³-hybridized carbons (Fsp3) is 0.467. The van der Waals surface area contributed by atoms with Crippen molar-refractivity contribution < 1.29 is 14.7 Å². The Hall–Kier alpha value is -1.84. The van der Waals surface area contributed by atoms with E-state index < -0.39 is 5.97 Å². The molecule has 102 valence electrons. The maximum Gasteiger partial charge on any atom is 0.335 e. The number of carboxylic acid groups (broad SMARTS) is 1. The fourth-order valence-corrected chi connectivity index (χ4v) is 2.50. The zero-order valence-corrected chi connectivity index (χ0v) is 11.1. The van der Waals surface area contributed by atoms with E-state index in [0.717, 1.165) is 19.4 Å². The van der Waals surface area contributed by atoms with Gasteiger partial charge in [0.15, 0.2) is 0 Å². The van der Waals surface area contributed by atoms with Crippen LogP contribution in [0.4, 0.5) is 0 Å². The number of amides is 1. The van der Waals surface area contributed by atoms with Crippen molar-refractivity contribution in [2.45, 2.75) is 38.6 Å². The smallest absolute Gasteiger partial charge is 0.335 e. The Balaban J connectivity index is 2.15. The number of hydrogen-bond acceptors (Lipinski definition) is 2. The van der Waals surface area contributed by atoms with Crippen molar-refractivity contribution in [1.29, 1.82) is 0 Å². The molecule has 19 heavy (non-hydrogen) atoms. The van der Waals surface area contributed by atoms with Gasteiger partial charge >= 0.3 is 5.97 Å². The normalized spacial score (nSPS) is 19.8. The van der Waals surface area contributed by atoms with Gasteiger partial charge in [-0.05, 0) is 44.0 Å². The van der Waals surface area contributed by atoms with Crippen molar-refractivity contribution in [2.75, 3.05) is 6.54 Å². The summed E-state index contributed by atoms with van der Waals surface area (Å²) < 4.78 is 0. The van der Waals surface area contributed by atoms with Gasteiger partial charge in [-0.1, -0.05) is 12.8 Å². The first-order valence-corrected chi connectivity index (χ1v) is 6.74. The molecule has 1 amide bonds. The topological polar surface area (TPSA) is 57.6 Å². The minimum absolute atomic E-state index is 0.00587. The van der Waals surface area contributed by atoms with Crippen LogP contribution in [-0.2, 0) is 0 Å². The van der Waals surface area contributed by atoms with Crippen molar-refractivity contribution in [3.63, 3.8) is 0 Å². The van der Waals surface area contributed by atoms with E-state index in [-0.39, 0.29) is 17.5 Å². The first kappa shape index (κ1) is 13.6. The van der Waals surface area contributed by atoms with Crippen molar-refractivity contribution in [3.8, 4) is 0 Å². The summed E-state index contributed by atoms with van der Waals surface area (Å²) in [6.45, 7) is 2.87. The zero-order valence-electron chi connectivity index (χ0n) is 11.1. The van der Waals surface area contributed by atoms with Gasteiger partial charge in [-0.25, -0.2) is 4.79 Å². The molecule has 1 N–H and O–H groups in total. The van der Waals surface area contributed by atoms with Crippen molar-refractivity contribution in [1.82, 2.24) is 4.90 Å². The SMILES string of the molecule is CC1CCCCCN1C(=O)c1ccc(C(=O)O)cc1. The molecule has 4 heteroatoms. The Morgan fingerprint density at radius 1 is 1.11 bits per heavy atom. The minimum Gasteiger partial charge on any atom is -0.478 e. The van der Waals surface area contributed by atoms with Crippen LogP contribution in [0.1, 0.15) is 53.3 Å². The number of aromatic carboxylic acids is 1. The monoisotopic (exact) mass is 261 g/mol. The molecule has 1 saturated heterocycles. The third-order valence-corrected chi connectivity index (χ3v) is 3.69.